The molecule has 1 aliphatic heterocycles. The molecule has 0 aliphatic carbocycles. The van der Waals surface area contributed by atoms with Crippen LogP contribution in [-0.2, 0) is 0 Å². The average molecular weight is 357 g/mol. The van der Waals surface area contributed by atoms with Gasteiger partial charge >= 0.3 is 0 Å². The van der Waals surface area contributed by atoms with Crippen LogP contribution in [0, 0.1) is 31.1 Å². The van der Waals surface area contributed by atoms with E-state index in [0.29, 0.717) is 23.1 Å². The van der Waals surface area contributed by atoms with Crippen molar-refractivity contribution in [3.63, 3.8) is 0 Å². The molecular formula is C19H21ClN4O. The molecule has 0 amide bonds. The second-order valence-electron chi connectivity index (χ2n) is 6.39. The van der Waals surface area contributed by atoms with E-state index in [1.807, 2.05) is 26.0 Å². The standard InChI is InChI=1S/C19H21ClN4O/c1-13-17(10-21)19(23-14(2)18(13)20)24-9-3-4-15(11-24)12-25-16-5-7-22-8-6-16/h5-8,15H,3-4,9,11-12H2,1-2H3. The largest absolute Gasteiger partial charge is 0.493 e. The summed E-state index contributed by atoms with van der Waals surface area (Å²) in [5.41, 5.74) is 2.15. The highest BCUT2D eigenvalue weighted by molar-refractivity contribution is 6.32. The van der Waals surface area contributed by atoms with E-state index >= 15 is 0 Å². The van der Waals surface area contributed by atoms with Crippen LogP contribution in [0.5, 0.6) is 5.75 Å². The second kappa shape index (κ2) is 7.71. The smallest absolute Gasteiger partial charge is 0.147 e. The summed E-state index contributed by atoms with van der Waals surface area (Å²) >= 11 is 6.26. The van der Waals surface area contributed by atoms with Gasteiger partial charge in [0, 0.05) is 31.4 Å². The van der Waals surface area contributed by atoms with Crippen LogP contribution in [0.25, 0.3) is 0 Å². The highest BCUT2D eigenvalue weighted by atomic mass is 35.5. The molecule has 6 heteroatoms. The Labute approximate surface area is 153 Å². The van der Waals surface area contributed by atoms with E-state index in [2.05, 4.69) is 20.9 Å². The van der Waals surface area contributed by atoms with Gasteiger partial charge in [-0.25, -0.2) is 4.98 Å². The Morgan fingerprint density at radius 1 is 1.36 bits per heavy atom. The Morgan fingerprint density at radius 3 is 2.84 bits per heavy atom. The van der Waals surface area contributed by atoms with Gasteiger partial charge in [-0.1, -0.05) is 11.6 Å². The van der Waals surface area contributed by atoms with Gasteiger partial charge in [-0.3, -0.25) is 4.98 Å². The maximum Gasteiger partial charge on any atom is 0.147 e. The third-order valence-electron chi connectivity index (χ3n) is 4.58. The Morgan fingerprint density at radius 2 is 2.12 bits per heavy atom. The molecule has 25 heavy (non-hydrogen) atoms. The summed E-state index contributed by atoms with van der Waals surface area (Å²) in [6, 6.07) is 6.00. The van der Waals surface area contributed by atoms with Crippen molar-refractivity contribution < 1.29 is 4.74 Å². The van der Waals surface area contributed by atoms with E-state index in [-0.39, 0.29) is 0 Å². The van der Waals surface area contributed by atoms with Gasteiger partial charge in [0.05, 0.1) is 22.9 Å². The summed E-state index contributed by atoms with van der Waals surface area (Å²) in [5, 5.41) is 10.1. The Balaban J connectivity index is 1.74. The van der Waals surface area contributed by atoms with E-state index in [4.69, 9.17) is 16.3 Å². The number of nitriles is 1. The maximum absolute atomic E-state index is 9.56. The number of rotatable bonds is 4. The van der Waals surface area contributed by atoms with Crippen molar-refractivity contribution in [3.05, 3.63) is 46.4 Å². The number of nitrogens with zero attached hydrogens (tertiary/aromatic N) is 4. The Kier molecular flexibility index (Phi) is 5.40. The molecule has 0 spiro atoms. The molecule has 5 nitrogen and oxygen atoms in total. The van der Waals surface area contributed by atoms with Crippen LogP contribution in [-0.4, -0.2) is 29.7 Å². The highest BCUT2D eigenvalue weighted by Crippen LogP contribution is 2.31. The van der Waals surface area contributed by atoms with Crippen molar-refractivity contribution in [2.75, 3.05) is 24.6 Å². The third-order valence-corrected chi connectivity index (χ3v) is 5.14. The molecule has 0 aromatic carbocycles. The number of aryl methyl sites for hydroxylation is 1. The summed E-state index contributed by atoms with van der Waals surface area (Å²) < 4.78 is 5.88. The first-order valence-corrected chi connectivity index (χ1v) is 8.82. The summed E-state index contributed by atoms with van der Waals surface area (Å²) in [6.45, 7) is 6.14. The minimum absolute atomic E-state index is 0.395. The molecule has 1 aliphatic rings. The Hall–Kier alpha value is -2.32. The lowest BCUT2D eigenvalue weighted by molar-refractivity contribution is 0.228. The van der Waals surface area contributed by atoms with E-state index < -0.39 is 0 Å². The first-order chi connectivity index (χ1) is 12.1. The molecule has 3 heterocycles. The van der Waals surface area contributed by atoms with Gasteiger partial charge in [0.15, 0.2) is 0 Å². The summed E-state index contributed by atoms with van der Waals surface area (Å²) in [4.78, 5) is 10.8. The van der Waals surface area contributed by atoms with Gasteiger partial charge in [-0.05, 0) is 44.4 Å². The molecule has 0 saturated carbocycles. The van der Waals surface area contributed by atoms with Crippen molar-refractivity contribution in [2.45, 2.75) is 26.7 Å². The maximum atomic E-state index is 9.56. The lowest BCUT2D eigenvalue weighted by atomic mass is 9.98. The van der Waals surface area contributed by atoms with Crippen LogP contribution in [0.2, 0.25) is 5.02 Å². The molecule has 1 atom stereocenters. The van der Waals surface area contributed by atoms with Crippen LogP contribution in [0.15, 0.2) is 24.5 Å². The van der Waals surface area contributed by atoms with Crippen molar-refractivity contribution in [3.8, 4) is 11.8 Å². The molecule has 3 rings (SSSR count). The molecule has 130 valence electrons. The first-order valence-electron chi connectivity index (χ1n) is 8.44. The molecule has 0 bridgehead atoms. The van der Waals surface area contributed by atoms with Crippen LogP contribution < -0.4 is 9.64 Å². The topological polar surface area (TPSA) is 62.0 Å². The number of piperidine rings is 1. The van der Waals surface area contributed by atoms with Crippen molar-refractivity contribution in [1.29, 1.82) is 5.26 Å². The minimum Gasteiger partial charge on any atom is -0.493 e. The predicted molar refractivity (Wildman–Crippen MR) is 98.1 cm³/mol. The van der Waals surface area contributed by atoms with Gasteiger partial charge in [0.2, 0.25) is 0 Å². The average Bonchev–Trinajstić information content (AvgIpc) is 2.65. The molecule has 2 aromatic rings. The van der Waals surface area contributed by atoms with E-state index in [9.17, 15) is 5.26 Å². The van der Waals surface area contributed by atoms with Gasteiger partial charge in [-0.15, -0.1) is 0 Å². The highest BCUT2D eigenvalue weighted by Gasteiger charge is 2.25. The zero-order valence-corrected chi connectivity index (χ0v) is 15.3. The van der Waals surface area contributed by atoms with Crippen LogP contribution in [0.1, 0.15) is 29.7 Å². The van der Waals surface area contributed by atoms with Gasteiger partial charge in [-0.2, -0.15) is 5.26 Å². The molecule has 0 radical (unpaired) electrons. The zero-order chi connectivity index (χ0) is 17.8. The normalized spacial score (nSPS) is 17.2. The van der Waals surface area contributed by atoms with Crippen molar-refractivity contribution >= 4 is 17.4 Å². The van der Waals surface area contributed by atoms with Crippen LogP contribution >= 0.6 is 11.6 Å². The SMILES string of the molecule is Cc1nc(N2CCCC(COc3ccncc3)C2)c(C#N)c(C)c1Cl. The first kappa shape index (κ1) is 17.5. The summed E-state index contributed by atoms with van der Waals surface area (Å²) in [6.07, 6.45) is 5.61. The van der Waals surface area contributed by atoms with E-state index in [0.717, 1.165) is 48.8 Å². The molecule has 1 unspecified atom stereocenters. The number of anilines is 1. The molecular weight excluding hydrogens is 336 g/mol. The zero-order valence-electron chi connectivity index (χ0n) is 14.5. The molecule has 1 fully saturated rings. The Bertz CT molecular complexity index is 788. The minimum atomic E-state index is 0.395. The lowest BCUT2D eigenvalue weighted by Crippen LogP contribution is -2.38. The fraction of sp³-hybridized carbons (Fsp3) is 0.421. The molecule has 0 N–H and O–H groups in total. The monoisotopic (exact) mass is 356 g/mol. The van der Waals surface area contributed by atoms with Crippen molar-refractivity contribution in [1.82, 2.24) is 9.97 Å². The summed E-state index contributed by atoms with van der Waals surface area (Å²) in [5.74, 6) is 1.98. The summed E-state index contributed by atoms with van der Waals surface area (Å²) in [7, 11) is 0. The lowest BCUT2D eigenvalue weighted by Gasteiger charge is -2.34. The van der Waals surface area contributed by atoms with Gasteiger partial charge in [0.25, 0.3) is 0 Å². The fourth-order valence-electron chi connectivity index (χ4n) is 3.22. The number of pyridine rings is 2. The van der Waals surface area contributed by atoms with Gasteiger partial charge in [0.1, 0.15) is 17.6 Å². The predicted octanol–water partition coefficient (Wildman–Crippen LogP) is 3.91. The number of hydrogen-bond acceptors (Lipinski definition) is 5. The fourth-order valence-corrected chi connectivity index (χ4v) is 3.35. The van der Waals surface area contributed by atoms with Gasteiger partial charge < -0.3 is 9.64 Å². The number of hydrogen-bond donors (Lipinski definition) is 0. The number of halogens is 1. The van der Waals surface area contributed by atoms with E-state index in [1.165, 1.54) is 0 Å². The second-order valence-corrected chi connectivity index (χ2v) is 6.77. The van der Waals surface area contributed by atoms with Crippen LogP contribution in [0.3, 0.4) is 0 Å². The molecule has 2 aromatic heterocycles. The van der Waals surface area contributed by atoms with E-state index in [1.54, 1.807) is 12.4 Å². The number of aromatic nitrogens is 2. The number of ether oxygens (including phenoxy) is 1. The molecule has 1 saturated heterocycles. The van der Waals surface area contributed by atoms with Crippen molar-refractivity contribution in [2.24, 2.45) is 5.92 Å². The third kappa shape index (κ3) is 3.85. The quantitative estimate of drug-likeness (QED) is 0.831. The van der Waals surface area contributed by atoms with Crippen LogP contribution in [0.4, 0.5) is 5.82 Å².